The minimum Gasteiger partial charge on any atom is -0.375 e. The molecule has 1 aliphatic rings. The number of fused-ring (bicyclic) bond motifs is 1. The van der Waals surface area contributed by atoms with Crippen LogP contribution in [0.5, 0.6) is 0 Å². The normalized spacial score (nSPS) is 17.4. The molecule has 33 heavy (non-hydrogen) atoms. The molecule has 0 spiro atoms. The van der Waals surface area contributed by atoms with Crippen molar-refractivity contribution in [2.24, 2.45) is 0 Å². The summed E-state index contributed by atoms with van der Waals surface area (Å²) in [6.45, 7) is 8.23. The van der Waals surface area contributed by atoms with E-state index in [2.05, 4.69) is 22.0 Å². The molecule has 0 radical (unpaired) electrons. The van der Waals surface area contributed by atoms with E-state index < -0.39 is 11.5 Å². The number of carbonyl (C=O) groups excluding carboxylic acids is 2. The molecule has 0 fully saturated rings. The van der Waals surface area contributed by atoms with Crippen LogP contribution in [0.1, 0.15) is 50.2 Å². The first kappa shape index (κ1) is 23.4. The van der Waals surface area contributed by atoms with Crippen LogP contribution in [0.2, 0.25) is 0 Å². The minimum absolute atomic E-state index is 0.219. The van der Waals surface area contributed by atoms with E-state index in [1.165, 1.54) is 0 Å². The highest BCUT2D eigenvalue weighted by molar-refractivity contribution is 9.10. The van der Waals surface area contributed by atoms with Crippen LogP contribution in [0.15, 0.2) is 59.1 Å². The summed E-state index contributed by atoms with van der Waals surface area (Å²) in [7, 11) is 0. The second-order valence-electron chi connectivity index (χ2n) is 8.95. The highest BCUT2D eigenvalue weighted by Crippen LogP contribution is 2.44. The SMILES string of the molecule is Cc1cc(C)c(C)c(C(=O)C[C@]2(O)C(=O)N(CCc3ccccc3)c3ccc(Br)cc32)c1C. The van der Waals surface area contributed by atoms with E-state index in [1.54, 1.807) is 11.0 Å². The Balaban J connectivity index is 1.70. The van der Waals surface area contributed by atoms with Gasteiger partial charge in [-0.1, -0.05) is 52.3 Å². The Labute approximate surface area is 203 Å². The Kier molecular flexibility index (Phi) is 6.30. The van der Waals surface area contributed by atoms with Crippen molar-refractivity contribution in [3.05, 3.63) is 98.0 Å². The monoisotopic (exact) mass is 505 g/mol. The van der Waals surface area contributed by atoms with E-state index in [0.717, 1.165) is 32.3 Å². The Hall–Kier alpha value is -2.76. The van der Waals surface area contributed by atoms with Gasteiger partial charge in [0.25, 0.3) is 5.91 Å². The lowest BCUT2D eigenvalue weighted by Crippen LogP contribution is -2.42. The molecule has 0 bridgehead atoms. The third-order valence-corrected chi connectivity index (χ3v) is 7.32. The molecule has 3 aromatic rings. The van der Waals surface area contributed by atoms with Crippen LogP contribution in [0.25, 0.3) is 0 Å². The quantitative estimate of drug-likeness (QED) is 0.435. The van der Waals surface area contributed by atoms with Gasteiger partial charge >= 0.3 is 0 Å². The molecule has 3 aromatic carbocycles. The summed E-state index contributed by atoms with van der Waals surface area (Å²) >= 11 is 3.46. The average Bonchev–Trinajstić information content (AvgIpc) is 2.98. The molecule has 1 heterocycles. The van der Waals surface area contributed by atoms with Crippen LogP contribution >= 0.6 is 15.9 Å². The number of nitrogens with zero attached hydrogens (tertiary/aromatic N) is 1. The van der Waals surface area contributed by atoms with Gasteiger partial charge in [-0.3, -0.25) is 9.59 Å². The summed E-state index contributed by atoms with van der Waals surface area (Å²) in [4.78, 5) is 28.7. The molecule has 0 aromatic heterocycles. The number of carbonyl (C=O) groups is 2. The largest absolute Gasteiger partial charge is 0.375 e. The van der Waals surface area contributed by atoms with E-state index in [9.17, 15) is 14.7 Å². The Morgan fingerprint density at radius 3 is 2.24 bits per heavy atom. The number of aryl methyl sites for hydroxylation is 2. The fraction of sp³-hybridized carbons (Fsp3) is 0.286. The second-order valence-corrected chi connectivity index (χ2v) is 9.87. The van der Waals surface area contributed by atoms with Crippen molar-refractivity contribution in [1.29, 1.82) is 0 Å². The predicted molar refractivity (Wildman–Crippen MR) is 135 cm³/mol. The summed E-state index contributed by atoms with van der Waals surface area (Å²) < 4.78 is 0.753. The first-order valence-corrected chi connectivity index (χ1v) is 11.9. The van der Waals surface area contributed by atoms with Gasteiger partial charge in [0.15, 0.2) is 11.4 Å². The average molecular weight is 506 g/mol. The second kappa shape index (κ2) is 8.88. The van der Waals surface area contributed by atoms with Gasteiger partial charge in [-0.15, -0.1) is 0 Å². The maximum atomic E-state index is 13.6. The first-order chi connectivity index (χ1) is 15.6. The molecule has 1 N–H and O–H groups in total. The van der Waals surface area contributed by atoms with Crippen LogP contribution < -0.4 is 4.90 Å². The number of Topliss-reactive ketones (excluding diaryl/α,β-unsaturated/α-hetero) is 1. The van der Waals surface area contributed by atoms with Gasteiger partial charge < -0.3 is 10.0 Å². The third kappa shape index (κ3) is 4.16. The molecule has 5 heteroatoms. The standard InChI is InChI=1S/C28H28BrNO3/c1-17-14-18(2)20(4)26(19(17)3)25(31)16-28(33)23-15-22(29)10-11-24(23)30(27(28)32)13-12-21-8-6-5-7-9-21/h5-11,14-15,33H,12-13,16H2,1-4H3/t28-/m1/s1. The summed E-state index contributed by atoms with van der Waals surface area (Å²) in [5.41, 5.74) is 4.79. The van der Waals surface area contributed by atoms with Crippen LogP contribution in [0, 0.1) is 27.7 Å². The van der Waals surface area contributed by atoms with E-state index in [1.807, 2.05) is 70.2 Å². The molecular formula is C28H28BrNO3. The Bertz CT molecular complexity index is 1230. The third-order valence-electron chi connectivity index (χ3n) is 6.82. The van der Waals surface area contributed by atoms with Gasteiger partial charge in [0.2, 0.25) is 0 Å². The van der Waals surface area contributed by atoms with E-state index in [0.29, 0.717) is 29.8 Å². The van der Waals surface area contributed by atoms with E-state index in [-0.39, 0.29) is 12.2 Å². The van der Waals surface area contributed by atoms with Crippen molar-refractivity contribution >= 4 is 33.3 Å². The van der Waals surface area contributed by atoms with Crippen molar-refractivity contribution in [2.45, 2.75) is 46.1 Å². The Morgan fingerprint density at radius 1 is 0.970 bits per heavy atom. The number of halogens is 1. The zero-order valence-corrected chi connectivity index (χ0v) is 21.0. The molecule has 1 atom stereocenters. The number of aliphatic hydroxyl groups is 1. The van der Waals surface area contributed by atoms with E-state index >= 15 is 0 Å². The van der Waals surface area contributed by atoms with Gasteiger partial charge in [-0.2, -0.15) is 0 Å². The lowest BCUT2D eigenvalue weighted by atomic mass is 9.84. The van der Waals surface area contributed by atoms with Crippen molar-refractivity contribution in [3.8, 4) is 0 Å². The van der Waals surface area contributed by atoms with E-state index in [4.69, 9.17) is 0 Å². The number of rotatable bonds is 6. The molecule has 0 unspecified atom stereocenters. The van der Waals surface area contributed by atoms with Crippen molar-refractivity contribution in [3.63, 3.8) is 0 Å². The van der Waals surface area contributed by atoms with Crippen molar-refractivity contribution in [2.75, 3.05) is 11.4 Å². The lowest BCUT2D eigenvalue weighted by molar-refractivity contribution is -0.135. The van der Waals surface area contributed by atoms with Crippen molar-refractivity contribution in [1.82, 2.24) is 0 Å². The van der Waals surface area contributed by atoms with Crippen LogP contribution in [-0.4, -0.2) is 23.3 Å². The van der Waals surface area contributed by atoms with Crippen LogP contribution in [0.3, 0.4) is 0 Å². The molecule has 4 rings (SSSR count). The number of ketones is 1. The molecule has 0 saturated heterocycles. The lowest BCUT2D eigenvalue weighted by Gasteiger charge is -2.24. The summed E-state index contributed by atoms with van der Waals surface area (Å²) in [6.07, 6.45) is 0.364. The molecule has 4 nitrogen and oxygen atoms in total. The fourth-order valence-corrected chi connectivity index (χ4v) is 5.12. The van der Waals surface area contributed by atoms with Crippen molar-refractivity contribution < 1.29 is 14.7 Å². The van der Waals surface area contributed by atoms with Gasteiger partial charge in [-0.05, 0) is 80.1 Å². The summed E-state index contributed by atoms with van der Waals surface area (Å²) in [5.74, 6) is -0.664. The van der Waals surface area contributed by atoms with Crippen LogP contribution in [0.4, 0.5) is 5.69 Å². The molecule has 1 amide bonds. The first-order valence-electron chi connectivity index (χ1n) is 11.1. The maximum absolute atomic E-state index is 13.6. The molecule has 0 saturated carbocycles. The molecule has 0 aliphatic carbocycles. The number of anilines is 1. The number of amides is 1. The smallest absolute Gasteiger partial charge is 0.264 e. The molecular weight excluding hydrogens is 478 g/mol. The fourth-order valence-electron chi connectivity index (χ4n) is 4.76. The van der Waals surface area contributed by atoms with Gasteiger partial charge in [0, 0.05) is 22.1 Å². The van der Waals surface area contributed by atoms with Gasteiger partial charge in [0.05, 0.1) is 12.1 Å². The summed E-state index contributed by atoms with van der Waals surface area (Å²) in [6, 6.07) is 17.4. The highest BCUT2D eigenvalue weighted by atomic mass is 79.9. The highest BCUT2D eigenvalue weighted by Gasteiger charge is 2.51. The Morgan fingerprint density at radius 2 is 1.61 bits per heavy atom. The molecule has 170 valence electrons. The predicted octanol–water partition coefficient (Wildman–Crippen LogP) is 5.73. The number of hydrogen-bond acceptors (Lipinski definition) is 3. The zero-order chi connectivity index (χ0) is 23.9. The summed E-state index contributed by atoms with van der Waals surface area (Å²) in [5, 5.41) is 11.7. The maximum Gasteiger partial charge on any atom is 0.264 e. The van der Waals surface area contributed by atoms with Gasteiger partial charge in [-0.25, -0.2) is 0 Å². The zero-order valence-electron chi connectivity index (χ0n) is 19.4. The molecule has 1 aliphatic heterocycles. The topological polar surface area (TPSA) is 57.6 Å². The number of hydrogen-bond donors (Lipinski definition) is 1. The van der Waals surface area contributed by atoms with Crippen LogP contribution in [-0.2, 0) is 16.8 Å². The van der Waals surface area contributed by atoms with Gasteiger partial charge in [0.1, 0.15) is 0 Å². The minimum atomic E-state index is -1.90. The number of benzene rings is 3.